The molecule has 2 rings (SSSR count). The monoisotopic (exact) mass is 205 g/mol. The smallest absolute Gasteiger partial charge is 0.177 e. The van der Waals surface area contributed by atoms with E-state index in [-0.39, 0.29) is 11.7 Å². The second kappa shape index (κ2) is 3.76. The zero-order valence-corrected chi connectivity index (χ0v) is 8.16. The summed E-state index contributed by atoms with van der Waals surface area (Å²) in [5.74, 6) is -0.0579. The molecular weight excluding hydrogens is 198 g/mol. The number of fused-ring (bicyclic) bond motifs is 1. The van der Waals surface area contributed by atoms with Crippen molar-refractivity contribution in [3.63, 3.8) is 0 Å². The van der Waals surface area contributed by atoms with E-state index in [1.54, 1.807) is 18.3 Å². The Morgan fingerprint density at radius 2 is 2.21 bits per heavy atom. The highest BCUT2D eigenvalue weighted by Gasteiger charge is 2.04. The minimum absolute atomic E-state index is 0.0122. The number of carbonyl (C=O) groups is 1. The first-order chi connectivity index (χ1) is 6.81. The van der Waals surface area contributed by atoms with Gasteiger partial charge in [0.05, 0.1) is 11.4 Å². The van der Waals surface area contributed by atoms with Crippen molar-refractivity contribution in [2.24, 2.45) is 0 Å². The molecule has 0 bridgehead atoms. The first-order valence-corrected chi connectivity index (χ1v) is 4.78. The number of hydrogen-bond donors (Lipinski definition) is 0. The Morgan fingerprint density at radius 1 is 1.36 bits per heavy atom. The molecule has 70 valence electrons. The van der Waals surface area contributed by atoms with Gasteiger partial charge < -0.3 is 0 Å². The maximum absolute atomic E-state index is 11.3. The minimum Gasteiger partial charge on any atom is -0.293 e. The molecule has 14 heavy (non-hydrogen) atoms. The van der Waals surface area contributed by atoms with Crippen LogP contribution in [-0.2, 0) is 0 Å². The van der Waals surface area contributed by atoms with Crippen LogP contribution in [0.5, 0.6) is 0 Å². The summed E-state index contributed by atoms with van der Waals surface area (Å²) in [6.07, 6.45) is 1.71. The lowest BCUT2D eigenvalue weighted by Crippen LogP contribution is -1.99. The number of aromatic nitrogens is 1. The number of rotatable bonds is 2. The molecule has 0 aliphatic carbocycles. The number of pyridine rings is 1. The van der Waals surface area contributed by atoms with E-state index in [0.29, 0.717) is 5.56 Å². The van der Waals surface area contributed by atoms with Crippen molar-refractivity contribution in [3.05, 3.63) is 42.1 Å². The SMILES string of the molecule is O=C(CCl)c1ccc2cccnc2c1. The predicted octanol–water partition coefficient (Wildman–Crippen LogP) is 2.66. The van der Waals surface area contributed by atoms with Crippen molar-refractivity contribution in [1.82, 2.24) is 4.98 Å². The van der Waals surface area contributed by atoms with Gasteiger partial charge >= 0.3 is 0 Å². The number of nitrogens with zero attached hydrogens (tertiary/aromatic N) is 1. The van der Waals surface area contributed by atoms with Crippen LogP contribution in [0.2, 0.25) is 0 Å². The van der Waals surface area contributed by atoms with Crippen LogP contribution in [-0.4, -0.2) is 16.6 Å². The van der Waals surface area contributed by atoms with Gasteiger partial charge in [-0.2, -0.15) is 0 Å². The second-order valence-corrected chi connectivity index (χ2v) is 3.23. The fraction of sp³-hybridized carbons (Fsp3) is 0.0909. The number of carbonyl (C=O) groups excluding carboxylic acids is 1. The van der Waals surface area contributed by atoms with Crippen molar-refractivity contribution in [2.75, 3.05) is 5.88 Å². The molecule has 1 heterocycles. The van der Waals surface area contributed by atoms with Crippen molar-refractivity contribution in [3.8, 4) is 0 Å². The topological polar surface area (TPSA) is 30.0 Å². The normalized spacial score (nSPS) is 10.4. The summed E-state index contributed by atoms with van der Waals surface area (Å²) < 4.78 is 0. The molecule has 0 aliphatic rings. The lowest BCUT2D eigenvalue weighted by atomic mass is 10.1. The molecule has 0 amide bonds. The number of alkyl halides is 1. The highest BCUT2D eigenvalue weighted by Crippen LogP contribution is 2.13. The van der Waals surface area contributed by atoms with E-state index in [1.165, 1.54) is 0 Å². The molecule has 0 saturated heterocycles. The van der Waals surface area contributed by atoms with Gasteiger partial charge in [0.2, 0.25) is 0 Å². The Labute approximate surface area is 86.5 Å². The molecule has 0 spiro atoms. The molecule has 0 unspecified atom stereocenters. The maximum Gasteiger partial charge on any atom is 0.177 e. The maximum atomic E-state index is 11.3. The van der Waals surface area contributed by atoms with Crippen LogP contribution in [0.25, 0.3) is 10.9 Å². The fourth-order valence-corrected chi connectivity index (χ4v) is 1.47. The largest absolute Gasteiger partial charge is 0.293 e. The third kappa shape index (κ3) is 1.61. The highest BCUT2D eigenvalue weighted by molar-refractivity contribution is 6.30. The summed E-state index contributed by atoms with van der Waals surface area (Å²) in [5.41, 5.74) is 1.44. The van der Waals surface area contributed by atoms with E-state index in [4.69, 9.17) is 11.6 Å². The molecule has 0 atom stereocenters. The van der Waals surface area contributed by atoms with Gasteiger partial charge in [-0.25, -0.2) is 0 Å². The summed E-state index contributed by atoms with van der Waals surface area (Å²) in [6.45, 7) is 0. The van der Waals surface area contributed by atoms with E-state index in [2.05, 4.69) is 4.98 Å². The molecular formula is C11H8ClNO. The Kier molecular flexibility index (Phi) is 2.46. The summed E-state index contributed by atoms with van der Waals surface area (Å²) in [5, 5.41) is 1.03. The van der Waals surface area contributed by atoms with E-state index >= 15 is 0 Å². The molecule has 0 saturated carbocycles. The van der Waals surface area contributed by atoms with Crippen LogP contribution >= 0.6 is 11.6 Å². The van der Waals surface area contributed by atoms with Gasteiger partial charge in [0, 0.05) is 17.1 Å². The number of benzene rings is 1. The van der Waals surface area contributed by atoms with Crippen molar-refractivity contribution >= 4 is 28.3 Å². The zero-order valence-electron chi connectivity index (χ0n) is 7.40. The van der Waals surface area contributed by atoms with Gasteiger partial charge in [-0.1, -0.05) is 18.2 Å². The zero-order chi connectivity index (χ0) is 9.97. The van der Waals surface area contributed by atoms with Crippen molar-refractivity contribution in [2.45, 2.75) is 0 Å². The molecule has 0 N–H and O–H groups in total. The number of halogens is 1. The average molecular weight is 206 g/mol. The molecule has 2 aromatic rings. The number of Topliss-reactive ketones (excluding diaryl/α,β-unsaturated/α-hetero) is 1. The van der Waals surface area contributed by atoms with E-state index in [1.807, 2.05) is 18.2 Å². The summed E-state index contributed by atoms with van der Waals surface area (Å²) in [7, 11) is 0. The van der Waals surface area contributed by atoms with Crippen LogP contribution in [0, 0.1) is 0 Å². The second-order valence-electron chi connectivity index (χ2n) is 2.97. The number of ketones is 1. The molecule has 0 radical (unpaired) electrons. The van der Waals surface area contributed by atoms with Crippen LogP contribution in [0.4, 0.5) is 0 Å². The Bertz CT molecular complexity index is 481. The molecule has 0 fully saturated rings. The first-order valence-electron chi connectivity index (χ1n) is 4.25. The van der Waals surface area contributed by atoms with Gasteiger partial charge in [-0.3, -0.25) is 9.78 Å². The van der Waals surface area contributed by atoms with Crippen molar-refractivity contribution in [1.29, 1.82) is 0 Å². The van der Waals surface area contributed by atoms with Crippen LogP contribution < -0.4 is 0 Å². The van der Waals surface area contributed by atoms with Crippen LogP contribution in [0.15, 0.2) is 36.5 Å². The fourth-order valence-electron chi connectivity index (χ4n) is 1.32. The Morgan fingerprint density at radius 3 is 3.00 bits per heavy atom. The Hall–Kier alpha value is -1.41. The van der Waals surface area contributed by atoms with Gasteiger partial charge in [-0.15, -0.1) is 11.6 Å². The van der Waals surface area contributed by atoms with Gasteiger partial charge in [0.15, 0.2) is 5.78 Å². The van der Waals surface area contributed by atoms with Crippen molar-refractivity contribution < 1.29 is 4.79 Å². The lowest BCUT2D eigenvalue weighted by molar-refractivity contribution is 0.102. The van der Waals surface area contributed by atoms with E-state index in [9.17, 15) is 4.79 Å². The Balaban J connectivity index is 2.56. The van der Waals surface area contributed by atoms with Gasteiger partial charge in [0.1, 0.15) is 0 Å². The molecule has 2 nitrogen and oxygen atoms in total. The third-order valence-electron chi connectivity index (χ3n) is 2.05. The molecule has 0 aliphatic heterocycles. The molecule has 1 aromatic heterocycles. The van der Waals surface area contributed by atoms with E-state index in [0.717, 1.165) is 10.9 Å². The highest BCUT2D eigenvalue weighted by atomic mass is 35.5. The third-order valence-corrected chi connectivity index (χ3v) is 2.29. The van der Waals surface area contributed by atoms with E-state index < -0.39 is 0 Å². The van der Waals surface area contributed by atoms with Crippen LogP contribution in [0.1, 0.15) is 10.4 Å². The van der Waals surface area contributed by atoms with Gasteiger partial charge in [0.25, 0.3) is 0 Å². The minimum atomic E-state index is -0.0702. The van der Waals surface area contributed by atoms with Gasteiger partial charge in [-0.05, 0) is 12.1 Å². The average Bonchev–Trinajstić information content (AvgIpc) is 2.27. The quantitative estimate of drug-likeness (QED) is 0.557. The summed E-state index contributed by atoms with van der Waals surface area (Å²) >= 11 is 5.47. The lowest BCUT2D eigenvalue weighted by Gasteiger charge is -1.99. The summed E-state index contributed by atoms with van der Waals surface area (Å²) in [6, 6.07) is 9.24. The first kappa shape index (κ1) is 9.16. The molecule has 1 aromatic carbocycles. The number of hydrogen-bond acceptors (Lipinski definition) is 2. The molecule has 3 heteroatoms. The standard InChI is InChI=1S/C11H8ClNO/c12-7-11(14)9-4-3-8-2-1-5-13-10(8)6-9/h1-6H,7H2. The predicted molar refractivity (Wildman–Crippen MR) is 56.8 cm³/mol. The summed E-state index contributed by atoms with van der Waals surface area (Å²) in [4.78, 5) is 15.5. The van der Waals surface area contributed by atoms with Crippen LogP contribution in [0.3, 0.4) is 0 Å².